The zero-order valence-corrected chi connectivity index (χ0v) is 10.6. The van der Waals surface area contributed by atoms with Gasteiger partial charge in [-0.1, -0.05) is 19.9 Å². The molecule has 0 unspecified atom stereocenters. The maximum absolute atomic E-state index is 4.17. The molecule has 2 N–H and O–H groups in total. The van der Waals surface area contributed by atoms with Crippen molar-refractivity contribution >= 4 is 0 Å². The molecule has 0 spiro atoms. The van der Waals surface area contributed by atoms with Crippen LogP contribution in [0, 0.1) is 6.92 Å². The molecule has 0 radical (unpaired) electrons. The molecule has 3 nitrogen and oxygen atoms in total. The van der Waals surface area contributed by atoms with Crippen molar-refractivity contribution in [2.24, 2.45) is 0 Å². The summed E-state index contributed by atoms with van der Waals surface area (Å²) in [5.74, 6) is 0. The highest BCUT2D eigenvalue weighted by atomic mass is 14.9. The Morgan fingerprint density at radius 2 is 2.06 bits per heavy atom. The van der Waals surface area contributed by atoms with Gasteiger partial charge in [0.2, 0.25) is 0 Å². The Kier molecular flexibility index (Phi) is 6.04. The number of rotatable bonds is 7. The van der Waals surface area contributed by atoms with Gasteiger partial charge in [0.05, 0.1) is 0 Å². The van der Waals surface area contributed by atoms with Gasteiger partial charge in [-0.25, -0.2) is 0 Å². The maximum atomic E-state index is 4.17. The second kappa shape index (κ2) is 7.36. The predicted molar refractivity (Wildman–Crippen MR) is 68.4 cm³/mol. The Labute approximate surface area is 98.7 Å². The molecule has 1 aromatic heterocycles. The molecule has 1 aromatic rings. The van der Waals surface area contributed by atoms with E-state index in [4.69, 9.17) is 0 Å². The molecule has 0 aromatic carbocycles. The molecule has 3 heteroatoms. The first-order valence-electron chi connectivity index (χ1n) is 6.03. The van der Waals surface area contributed by atoms with Gasteiger partial charge in [-0.15, -0.1) is 0 Å². The lowest BCUT2D eigenvalue weighted by Gasteiger charge is -2.08. The average Bonchev–Trinajstić information content (AvgIpc) is 2.23. The lowest BCUT2D eigenvalue weighted by Crippen LogP contribution is -2.26. The van der Waals surface area contributed by atoms with Gasteiger partial charge in [-0.3, -0.25) is 4.98 Å². The Hall–Kier alpha value is -0.930. The van der Waals surface area contributed by atoms with Crippen molar-refractivity contribution in [3.8, 4) is 0 Å². The minimum atomic E-state index is 0.584. The SMILES string of the molecule is Cc1cncc(CNCCCNC(C)C)c1. The van der Waals surface area contributed by atoms with E-state index in [1.165, 1.54) is 11.1 Å². The van der Waals surface area contributed by atoms with Crippen molar-refractivity contribution in [2.45, 2.75) is 39.8 Å². The monoisotopic (exact) mass is 221 g/mol. The molecule has 0 fully saturated rings. The van der Waals surface area contributed by atoms with Crippen molar-refractivity contribution < 1.29 is 0 Å². The van der Waals surface area contributed by atoms with Gasteiger partial charge in [-0.2, -0.15) is 0 Å². The summed E-state index contributed by atoms with van der Waals surface area (Å²) in [6.45, 7) is 9.46. The molecule has 0 aliphatic rings. The molecule has 0 amide bonds. The van der Waals surface area contributed by atoms with Crippen LogP contribution in [0.4, 0.5) is 0 Å². The summed E-state index contributed by atoms with van der Waals surface area (Å²) in [6, 6.07) is 2.76. The van der Waals surface area contributed by atoms with Crippen LogP contribution in [0.5, 0.6) is 0 Å². The van der Waals surface area contributed by atoms with Gasteiger partial charge < -0.3 is 10.6 Å². The minimum Gasteiger partial charge on any atom is -0.314 e. The number of hydrogen-bond donors (Lipinski definition) is 2. The number of pyridine rings is 1. The Morgan fingerprint density at radius 1 is 1.25 bits per heavy atom. The number of aryl methyl sites for hydroxylation is 1. The first-order chi connectivity index (χ1) is 7.68. The zero-order chi connectivity index (χ0) is 11.8. The number of hydrogen-bond acceptors (Lipinski definition) is 3. The fourth-order valence-electron chi connectivity index (χ4n) is 1.55. The smallest absolute Gasteiger partial charge is 0.0313 e. The second-order valence-corrected chi connectivity index (χ2v) is 4.51. The van der Waals surface area contributed by atoms with Gasteiger partial charge in [0.25, 0.3) is 0 Å². The maximum Gasteiger partial charge on any atom is 0.0313 e. The van der Waals surface area contributed by atoms with E-state index in [0.29, 0.717) is 6.04 Å². The van der Waals surface area contributed by atoms with Crippen molar-refractivity contribution in [1.29, 1.82) is 0 Å². The molecular weight excluding hydrogens is 198 g/mol. The van der Waals surface area contributed by atoms with Crippen LogP contribution in [0.25, 0.3) is 0 Å². The normalized spacial score (nSPS) is 11.0. The van der Waals surface area contributed by atoms with Crippen LogP contribution in [0.15, 0.2) is 18.5 Å². The van der Waals surface area contributed by atoms with Gasteiger partial charge in [-0.05, 0) is 37.6 Å². The molecular formula is C13H23N3. The number of nitrogens with zero attached hydrogens (tertiary/aromatic N) is 1. The summed E-state index contributed by atoms with van der Waals surface area (Å²) in [4.78, 5) is 4.17. The number of nitrogens with one attached hydrogen (secondary N) is 2. The highest BCUT2D eigenvalue weighted by molar-refractivity contribution is 5.16. The van der Waals surface area contributed by atoms with Gasteiger partial charge in [0.1, 0.15) is 0 Å². The summed E-state index contributed by atoms with van der Waals surface area (Å²) in [7, 11) is 0. The van der Waals surface area contributed by atoms with Crippen LogP contribution in [-0.2, 0) is 6.54 Å². The zero-order valence-electron chi connectivity index (χ0n) is 10.6. The largest absolute Gasteiger partial charge is 0.314 e. The first-order valence-corrected chi connectivity index (χ1v) is 6.03. The predicted octanol–water partition coefficient (Wildman–Crippen LogP) is 1.87. The molecule has 16 heavy (non-hydrogen) atoms. The van der Waals surface area contributed by atoms with Crippen LogP contribution >= 0.6 is 0 Å². The van der Waals surface area contributed by atoms with Crippen LogP contribution < -0.4 is 10.6 Å². The summed E-state index contributed by atoms with van der Waals surface area (Å²) in [5, 5.41) is 6.82. The lowest BCUT2D eigenvalue weighted by molar-refractivity contribution is 0.547. The quantitative estimate of drug-likeness (QED) is 0.690. The van der Waals surface area contributed by atoms with Gasteiger partial charge in [0, 0.05) is 25.0 Å². The average molecular weight is 221 g/mol. The van der Waals surface area contributed by atoms with Gasteiger partial charge >= 0.3 is 0 Å². The fraction of sp³-hybridized carbons (Fsp3) is 0.615. The van der Waals surface area contributed by atoms with E-state index < -0.39 is 0 Å². The highest BCUT2D eigenvalue weighted by Gasteiger charge is 1.94. The molecule has 90 valence electrons. The highest BCUT2D eigenvalue weighted by Crippen LogP contribution is 2.00. The molecule has 0 saturated carbocycles. The van der Waals surface area contributed by atoms with E-state index in [9.17, 15) is 0 Å². The van der Waals surface area contributed by atoms with Crippen molar-refractivity contribution in [3.63, 3.8) is 0 Å². The third kappa shape index (κ3) is 5.83. The van der Waals surface area contributed by atoms with Crippen LogP contribution in [0.2, 0.25) is 0 Å². The molecule has 0 atom stereocenters. The molecule has 0 saturated heterocycles. The topological polar surface area (TPSA) is 37.0 Å². The van der Waals surface area contributed by atoms with Crippen molar-refractivity contribution in [2.75, 3.05) is 13.1 Å². The minimum absolute atomic E-state index is 0.584. The van der Waals surface area contributed by atoms with Crippen LogP contribution in [0.1, 0.15) is 31.4 Å². The van der Waals surface area contributed by atoms with E-state index >= 15 is 0 Å². The summed E-state index contributed by atoms with van der Waals surface area (Å²) in [5.41, 5.74) is 2.48. The molecule has 1 heterocycles. The van der Waals surface area contributed by atoms with E-state index in [0.717, 1.165) is 26.1 Å². The first kappa shape index (κ1) is 13.1. The van der Waals surface area contributed by atoms with E-state index in [1.807, 2.05) is 12.4 Å². The lowest BCUT2D eigenvalue weighted by atomic mass is 10.2. The summed E-state index contributed by atoms with van der Waals surface area (Å²) < 4.78 is 0. The van der Waals surface area contributed by atoms with Crippen LogP contribution in [0.3, 0.4) is 0 Å². The van der Waals surface area contributed by atoms with E-state index in [2.05, 4.69) is 42.5 Å². The second-order valence-electron chi connectivity index (χ2n) is 4.51. The van der Waals surface area contributed by atoms with Crippen molar-refractivity contribution in [3.05, 3.63) is 29.6 Å². The van der Waals surface area contributed by atoms with Gasteiger partial charge in [0.15, 0.2) is 0 Å². The summed E-state index contributed by atoms with van der Waals surface area (Å²) >= 11 is 0. The third-order valence-corrected chi connectivity index (χ3v) is 2.34. The van der Waals surface area contributed by atoms with Crippen LogP contribution in [-0.4, -0.2) is 24.1 Å². The van der Waals surface area contributed by atoms with E-state index in [1.54, 1.807) is 0 Å². The molecule has 0 aliphatic heterocycles. The number of aromatic nitrogens is 1. The standard InChI is InChI=1S/C13H23N3/c1-11(2)16-6-4-5-14-9-13-7-12(3)8-15-10-13/h7-8,10-11,14,16H,4-6,9H2,1-3H3. The molecule has 1 rings (SSSR count). The van der Waals surface area contributed by atoms with Crippen molar-refractivity contribution in [1.82, 2.24) is 15.6 Å². The molecule has 0 bridgehead atoms. The third-order valence-electron chi connectivity index (χ3n) is 2.34. The Morgan fingerprint density at radius 3 is 2.75 bits per heavy atom. The fourth-order valence-corrected chi connectivity index (χ4v) is 1.55. The Bertz CT molecular complexity index is 297. The van der Waals surface area contributed by atoms with E-state index in [-0.39, 0.29) is 0 Å². The Balaban J connectivity index is 2.07. The summed E-state index contributed by atoms with van der Waals surface area (Å²) in [6.07, 6.45) is 4.97. The molecule has 0 aliphatic carbocycles.